The summed E-state index contributed by atoms with van der Waals surface area (Å²) in [7, 11) is 0. The van der Waals surface area contributed by atoms with Crippen LogP contribution in [0.5, 0.6) is 0 Å². The first kappa shape index (κ1) is 16.3. The zero-order valence-corrected chi connectivity index (χ0v) is 12.2. The van der Waals surface area contributed by atoms with Gasteiger partial charge in [-0.3, -0.25) is 0 Å². The van der Waals surface area contributed by atoms with E-state index in [0.717, 1.165) is 12.1 Å². The van der Waals surface area contributed by atoms with Crippen LogP contribution in [0.25, 0.3) is 0 Å². The maximum atomic E-state index is 11.7. The number of morpholine rings is 1. The lowest BCUT2D eigenvalue weighted by Gasteiger charge is -2.26. The number of carbonyl (C=O) groups excluding carboxylic acids is 1. The highest BCUT2D eigenvalue weighted by Crippen LogP contribution is 2.07. The van der Waals surface area contributed by atoms with Crippen LogP contribution < -0.4 is 10.6 Å². The van der Waals surface area contributed by atoms with Gasteiger partial charge < -0.3 is 25.2 Å². The van der Waals surface area contributed by atoms with Crippen molar-refractivity contribution in [2.24, 2.45) is 0 Å². The molecule has 0 radical (unpaired) electrons. The summed E-state index contributed by atoms with van der Waals surface area (Å²) in [5.74, 6) is -1.11. The van der Waals surface area contributed by atoms with Gasteiger partial charge in [0.1, 0.15) is 12.6 Å². The van der Waals surface area contributed by atoms with Crippen LogP contribution in [0.2, 0.25) is 0 Å². The van der Waals surface area contributed by atoms with Gasteiger partial charge in [0.05, 0.1) is 12.7 Å². The van der Waals surface area contributed by atoms with E-state index in [4.69, 9.17) is 9.47 Å². The van der Waals surface area contributed by atoms with Crippen LogP contribution in [0, 0.1) is 0 Å². The van der Waals surface area contributed by atoms with E-state index in [1.807, 2.05) is 30.3 Å². The highest BCUT2D eigenvalue weighted by atomic mass is 16.5. The fraction of sp³-hybridized carbons (Fsp3) is 0.467. The number of hydrogen-bond donors (Lipinski definition) is 3. The van der Waals surface area contributed by atoms with E-state index >= 15 is 0 Å². The number of rotatable bonds is 6. The van der Waals surface area contributed by atoms with Crippen molar-refractivity contribution in [1.29, 1.82) is 0 Å². The summed E-state index contributed by atoms with van der Waals surface area (Å²) in [6, 6.07) is 8.15. The Morgan fingerprint density at radius 3 is 2.82 bits per heavy atom. The first-order valence-corrected chi connectivity index (χ1v) is 7.17. The van der Waals surface area contributed by atoms with Crippen LogP contribution in [0.3, 0.4) is 0 Å². The molecule has 22 heavy (non-hydrogen) atoms. The highest BCUT2D eigenvalue weighted by Gasteiger charge is 2.26. The van der Waals surface area contributed by atoms with Crippen LogP contribution >= 0.6 is 0 Å². The molecule has 7 nitrogen and oxygen atoms in total. The van der Waals surface area contributed by atoms with Gasteiger partial charge in [0, 0.05) is 19.5 Å². The van der Waals surface area contributed by atoms with E-state index in [2.05, 4.69) is 10.6 Å². The highest BCUT2D eigenvalue weighted by molar-refractivity contribution is 5.79. The van der Waals surface area contributed by atoms with Gasteiger partial charge in [-0.25, -0.2) is 9.59 Å². The van der Waals surface area contributed by atoms with Crippen LogP contribution in [0.1, 0.15) is 12.0 Å². The quantitative estimate of drug-likeness (QED) is 0.717. The maximum absolute atomic E-state index is 11.7. The second kappa shape index (κ2) is 8.35. The molecule has 0 bridgehead atoms. The number of carboxylic acids is 1. The van der Waals surface area contributed by atoms with Crippen LogP contribution in [-0.2, 0) is 20.9 Å². The van der Waals surface area contributed by atoms with Gasteiger partial charge in [-0.2, -0.15) is 0 Å². The normalized spacial score (nSPS) is 19.2. The van der Waals surface area contributed by atoms with Crippen LogP contribution in [0.15, 0.2) is 30.3 Å². The molecule has 0 aromatic heterocycles. The molecular formula is C15H20N2O5. The molecule has 1 saturated heterocycles. The Kier molecular flexibility index (Phi) is 6.17. The molecular weight excluding hydrogens is 288 g/mol. The van der Waals surface area contributed by atoms with Crippen LogP contribution in [-0.4, -0.2) is 49.0 Å². The number of benzene rings is 1. The minimum absolute atomic E-state index is 0.0977. The van der Waals surface area contributed by atoms with Gasteiger partial charge >= 0.3 is 12.1 Å². The standard InChI is InChI=1S/C15H20N2O5/c18-14(19)13(8-12-9-16-6-7-21-12)17-15(20)22-10-11-4-2-1-3-5-11/h1-5,12-13,16H,6-10H2,(H,17,20)(H,18,19)/t12-,13?/m0/s1. The van der Waals surface area contributed by atoms with E-state index < -0.39 is 18.1 Å². The molecule has 2 atom stereocenters. The maximum Gasteiger partial charge on any atom is 0.408 e. The van der Waals surface area contributed by atoms with Crippen molar-refractivity contribution in [2.45, 2.75) is 25.2 Å². The number of carbonyl (C=O) groups is 2. The van der Waals surface area contributed by atoms with Crippen molar-refractivity contribution in [3.05, 3.63) is 35.9 Å². The summed E-state index contributed by atoms with van der Waals surface area (Å²) in [4.78, 5) is 23.0. The van der Waals surface area contributed by atoms with Gasteiger partial charge in [-0.05, 0) is 5.56 Å². The molecule has 3 N–H and O–H groups in total. The number of amides is 1. The lowest BCUT2D eigenvalue weighted by Crippen LogP contribution is -2.47. The Bertz CT molecular complexity index is 488. The third-order valence-electron chi connectivity index (χ3n) is 3.31. The molecule has 1 fully saturated rings. The first-order valence-electron chi connectivity index (χ1n) is 7.17. The summed E-state index contributed by atoms with van der Waals surface area (Å²) < 4.78 is 10.5. The Balaban J connectivity index is 1.79. The van der Waals surface area contributed by atoms with Gasteiger partial charge in [-0.15, -0.1) is 0 Å². The lowest BCUT2D eigenvalue weighted by molar-refractivity contribution is -0.140. The monoisotopic (exact) mass is 308 g/mol. The molecule has 1 aromatic carbocycles. The van der Waals surface area contributed by atoms with E-state index in [1.165, 1.54) is 0 Å². The Hall–Kier alpha value is -2.12. The number of hydrogen-bond acceptors (Lipinski definition) is 5. The minimum Gasteiger partial charge on any atom is -0.480 e. The van der Waals surface area contributed by atoms with E-state index in [-0.39, 0.29) is 19.1 Å². The molecule has 1 heterocycles. The fourth-order valence-corrected chi connectivity index (χ4v) is 2.16. The molecule has 2 rings (SSSR count). The van der Waals surface area contributed by atoms with Crippen molar-refractivity contribution in [2.75, 3.05) is 19.7 Å². The molecule has 1 aliphatic heterocycles. The molecule has 1 aromatic rings. The topological polar surface area (TPSA) is 96.9 Å². The number of ether oxygens (including phenoxy) is 2. The number of carboxylic acid groups (broad SMARTS) is 1. The third-order valence-corrected chi connectivity index (χ3v) is 3.31. The molecule has 1 amide bonds. The number of aliphatic carboxylic acids is 1. The average Bonchev–Trinajstić information content (AvgIpc) is 2.54. The summed E-state index contributed by atoms with van der Waals surface area (Å²) in [6.07, 6.45) is -0.785. The van der Waals surface area contributed by atoms with Gasteiger partial charge in [-0.1, -0.05) is 30.3 Å². The number of nitrogens with one attached hydrogen (secondary N) is 2. The molecule has 120 valence electrons. The Morgan fingerprint density at radius 1 is 1.41 bits per heavy atom. The molecule has 0 spiro atoms. The SMILES string of the molecule is O=C(NC(C[C@H]1CNCCO1)C(=O)O)OCc1ccccc1. The molecule has 1 unspecified atom stereocenters. The summed E-state index contributed by atoms with van der Waals surface area (Å²) in [6.45, 7) is 1.96. The lowest BCUT2D eigenvalue weighted by atomic mass is 10.1. The van der Waals surface area contributed by atoms with Gasteiger partial charge in [0.25, 0.3) is 0 Å². The molecule has 1 aliphatic rings. The van der Waals surface area contributed by atoms with Gasteiger partial charge in [0.2, 0.25) is 0 Å². The Labute approximate surface area is 128 Å². The van der Waals surface area contributed by atoms with E-state index in [9.17, 15) is 14.7 Å². The summed E-state index contributed by atoms with van der Waals surface area (Å²) >= 11 is 0. The number of alkyl carbamates (subject to hydrolysis) is 1. The zero-order valence-electron chi connectivity index (χ0n) is 12.2. The predicted octanol–water partition coefficient (Wildman–Crippen LogP) is 0.745. The zero-order chi connectivity index (χ0) is 15.8. The van der Waals surface area contributed by atoms with Crippen molar-refractivity contribution in [3.63, 3.8) is 0 Å². The second-order valence-electron chi connectivity index (χ2n) is 5.03. The van der Waals surface area contributed by atoms with E-state index in [0.29, 0.717) is 13.2 Å². The largest absolute Gasteiger partial charge is 0.480 e. The average molecular weight is 308 g/mol. The molecule has 7 heteroatoms. The summed E-state index contributed by atoms with van der Waals surface area (Å²) in [5.41, 5.74) is 0.837. The molecule has 0 saturated carbocycles. The predicted molar refractivity (Wildman–Crippen MR) is 78.4 cm³/mol. The van der Waals surface area contributed by atoms with E-state index in [1.54, 1.807) is 0 Å². The summed E-state index contributed by atoms with van der Waals surface area (Å²) in [5, 5.41) is 14.7. The third kappa shape index (κ3) is 5.34. The first-order chi connectivity index (χ1) is 10.6. The van der Waals surface area contributed by atoms with Crippen molar-refractivity contribution in [3.8, 4) is 0 Å². The van der Waals surface area contributed by atoms with Crippen molar-refractivity contribution in [1.82, 2.24) is 10.6 Å². The molecule has 0 aliphatic carbocycles. The van der Waals surface area contributed by atoms with Gasteiger partial charge in [0.15, 0.2) is 0 Å². The fourth-order valence-electron chi connectivity index (χ4n) is 2.16. The second-order valence-corrected chi connectivity index (χ2v) is 5.03. The van der Waals surface area contributed by atoms with Crippen LogP contribution in [0.4, 0.5) is 4.79 Å². The Morgan fingerprint density at radius 2 is 2.18 bits per heavy atom. The smallest absolute Gasteiger partial charge is 0.408 e. The van der Waals surface area contributed by atoms with Crippen molar-refractivity contribution < 1.29 is 24.2 Å². The van der Waals surface area contributed by atoms with Crippen molar-refractivity contribution >= 4 is 12.1 Å². The minimum atomic E-state index is -1.11.